The molecule has 1 aromatic carbocycles. The molecule has 2 aromatic rings. The van der Waals surface area contributed by atoms with Crippen LogP contribution in [-0.2, 0) is 4.74 Å². The van der Waals surface area contributed by atoms with Gasteiger partial charge in [-0.2, -0.15) is 0 Å². The van der Waals surface area contributed by atoms with Gasteiger partial charge >= 0.3 is 12.1 Å². The lowest BCUT2D eigenvalue weighted by Crippen LogP contribution is -2.46. The molecular weight excluding hydrogens is 412 g/mol. The Bertz CT molecular complexity index is 935. The number of carbonyl (C=O) groups is 2. The van der Waals surface area contributed by atoms with Gasteiger partial charge in [0.1, 0.15) is 5.60 Å². The van der Waals surface area contributed by atoms with Gasteiger partial charge in [0.05, 0.1) is 15.2 Å². The minimum atomic E-state index is -0.515. The fourth-order valence-electron chi connectivity index (χ4n) is 3.67. The third-order valence-electron chi connectivity index (χ3n) is 5.19. The predicted octanol–water partition coefficient (Wildman–Crippen LogP) is 5.53. The van der Waals surface area contributed by atoms with E-state index in [9.17, 15) is 9.59 Å². The molecule has 1 atom stereocenters. The third kappa shape index (κ3) is 6.32. The quantitative estimate of drug-likeness (QED) is 0.670. The van der Waals surface area contributed by atoms with Gasteiger partial charge in [0, 0.05) is 38.3 Å². The lowest BCUT2D eigenvalue weighted by atomic mass is 9.98. The highest BCUT2D eigenvalue weighted by atomic mass is 32.1. The summed E-state index contributed by atoms with van der Waals surface area (Å²) in [6, 6.07) is 5.76. The van der Waals surface area contributed by atoms with Crippen LogP contribution in [0, 0.1) is 5.92 Å². The number of piperidine rings is 1. The molecule has 1 N–H and O–H groups in total. The van der Waals surface area contributed by atoms with Crippen molar-refractivity contribution in [3.8, 4) is 0 Å². The van der Waals surface area contributed by atoms with Crippen LogP contribution in [0.3, 0.4) is 0 Å². The number of urea groups is 1. The number of aromatic nitrogens is 1. The Kier molecular flexibility index (Phi) is 7.09. The maximum atomic E-state index is 12.9. The number of anilines is 1. The van der Waals surface area contributed by atoms with Gasteiger partial charge in [-0.3, -0.25) is 0 Å². The smallest absolute Gasteiger partial charge is 0.410 e. The average molecular weight is 447 g/mol. The molecule has 1 aliphatic heterocycles. The summed E-state index contributed by atoms with van der Waals surface area (Å²) in [7, 11) is 1.75. The highest BCUT2D eigenvalue weighted by molar-refractivity contribution is 7.18. The summed E-state index contributed by atoms with van der Waals surface area (Å²) in [5, 5.41) is 4.13. The fourth-order valence-corrected chi connectivity index (χ4v) is 4.68. The van der Waals surface area contributed by atoms with E-state index in [4.69, 9.17) is 4.74 Å². The predicted molar refractivity (Wildman–Crippen MR) is 126 cm³/mol. The van der Waals surface area contributed by atoms with Crippen LogP contribution in [0.25, 0.3) is 10.2 Å². The summed E-state index contributed by atoms with van der Waals surface area (Å²) in [5.41, 5.74) is 1.23. The highest BCUT2D eigenvalue weighted by Crippen LogP contribution is 2.29. The molecule has 170 valence electrons. The van der Waals surface area contributed by atoms with Gasteiger partial charge in [-0.05, 0) is 57.7 Å². The second kappa shape index (κ2) is 9.42. The van der Waals surface area contributed by atoms with E-state index in [1.54, 1.807) is 23.3 Å². The summed E-state index contributed by atoms with van der Waals surface area (Å²) in [6.45, 7) is 11.8. The number of hydrogen-bond donors (Lipinski definition) is 1. The van der Waals surface area contributed by atoms with E-state index >= 15 is 0 Å². The Morgan fingerprint density at radius 2 is 2.10 bits per heavy atom. The first-order chi connectivity index (χ1) is 14.5. The van der Waals surface area contributed by atoms with Gasteiger partial charge in [0.2, 0.25) is 0 Å². The molecule has 0 saturated carbocycles. The van der Waals surface area contributed by atoms with Crippen molar-refractivity contribution >= 4 is 39.4 Å². The number of amides is 3. The normalized spacial score (nSPS) is 17.1. The molecule has 31 heavy (non-hydrogen) atoms. The summed E-state index contributed by atoms with van der Waals surface area (Å²) in [4.78, 5) is 33.2. The number of thiazole rings is 1. The Morgan fingerprint density at radius 3 is 2.77 bits per heavy atom. The van der Waals surface area contributed by atoms with Crippen molar-refractivity contribution in [2.75, 3.05) is 32.0 Å². The van der Waals surface area contributed by atoms with Crippen molar-refractivity contribution in [3.05, 3.63) is 23.2 Å². The van der Waals surface area contributed by atoms with Crippen LogP contribution in [0.2, 0.25) is 0 Å². The summed E-state index contributed by atoms with van der Waals surface area (Å²) >= 11 is 1.67. The summed E-state index contributed by atoms with van der Waals surface area (Å²) < 4.78 is 6.52. The average Bonchev–Trinajstić information content (AvgIpc) is 3.10. The summed E-state index contributed by atoms with van der Waals surface area (Å²) in [5.74, 6) is 0.620. The molecule has 1 saturated heterocycles. The molecule has 0 radical (unpaired) electrons. The molecule has 1 unspecified atom stereocenters. The zero-order valence-corrected chi connectivity index (χ0v) is 20.2. The Balaban J connectivity index is 1.58. The van der Waals surface area contributed by atoms with E-state index in [-0.39, 0.29) is 18.0 Å². The third-order valence-corrected chi connectivity index (χ3v) is 6.51. The van der Waals surface area contributed by atoms with Crippen molar-refractivity contribution in [3.63, 3.8) is 0 Å². The standard InChI is InChI=1S/C23H34N4O3S/c1-15(2)20-25-18-10-9-17(12-19(18)31-20)24-21(28)27-11-7-8-16(14-27)13-26(6)22(29)30-23(3,4)5/h9-10,12,15-16H,7-8,11,13-14H2,1-6H3,(H,24,28). The maximum absolute atomic E-state index is 12.9. The van der Waals surface area contributed by atoms with E-state index in [0.717, 1.165) is 40.3 Å². The number of likely N-dealkylation sites (tertiary alicyclic amines) is 1. The number of nitrogens with zero attached hydrogens (tertiary/aromatic N) is 3. The van der Waals surface area contributed by atoms with Crippen LogP contribution in [0.1, 0.15) is 58.4 Å². The molecule has 7 nitrogen and oxygen atoms in total. The van der Waals surface area contributed by atoms with Crippen LogP contribution < -0.4 is 5.32 Å². The molecule has 3 amide bonds. The van der Waals surface area contributed by atoms with Crippen LogP contribution >= 0.6 is 11.3 Å². The number of carbonyl (C=O) groups excluding carboxylic acids is 2. The Hall–Kier alpha value is -2.35. The summed E-state index contributed by atoms with van der Waals surface area (Å²) in [6.07, 6.45) is 1.58. The maximum Gasteiger partial charge on any atom is 0.410 e. The lowest BCUT2D eigenvalue weighted by Gasteiger charge is -2.35. The van der Waals surface area contributed by atoms with Crippen LogP contribution in [0.15, 0.2) is 18.2 Å². The van der Waals surface area contributed by atoms with Crippen molar-refractivity contribution in [2.24, 2.45) is 5.92 Å². The second-order valence-corrected chi connectivity index (χ2v) is 10.7. The van der Waals surface area contributed by atoms with E-state index in [0.29, 0.717) is 19.0 Å². The molecule has 0 spiro atoms. The molecule has 8 heteroatoms. The van der Waals surface area contributed by atoms with Crippen molar-refractivity contribution < 1.29 is 14.3 Å². The topological polar surface area (TPSA) is 74.8 Å². The van der Waals surface area contributed by atoms with Gasteiger partial charge in [-0.25, -0.2) is 14.6 Å². The van der Waals surface area contributed by atoms with Crippen LogP contribution in [-0.4, -0.2) is 59.2 Å². The van der Waals surface area contributed by atoms with Gasteiger partial charge < -0.3 is 19.9 Å². The number of nitrogens with one attached hydrogen (secondary N) is 1. The first-order valence-electron chi connectivity index (χ1n) is 10.9. The van der Waals surface area contributed by atoms with Crippen molar-refractivity contribution in [1.82, 2.24) is 14.8 Å². The Morgan fingerprint density at radius 1 is 1.35 bits per heavy atom. The Labute approximate surface area is 188 Å². The molecule has 3 rings (SSSR count). The number of fused-ring (bicyclic) bond motifs is 1. The first-order valence-corrected chi connectivity index (χ1v) is 11.7. The molecule has 0 bridgehead atoms. The molecule has 1 aliphatic rings. The van der Waals surface area contributed by atoms with E-state index in [1.165, 1.54) is 0 Å². The number of hydrogen-bond acceptors (Lipinski definition) is 5. The fraction of sp³-hybridized carbons (Fsp3) is 0.609. The van der Waals surface area contributed by atoms with Crippen molar-refractivity contribution in [2.45, 2.75) is 59.0 Å². The number of rotatable bonds is 4. The van der Waals surface area contributed by atoms with Gasteiger partial charge in [0.15, 0.2) is 0 Å². The minimum absolute atomic E-state index is 0.0995. The first kappa shape index (κ1) is 23.3. The largest absolute Gasteiger partial charge is 0.444 e. The van der Waals surface area contributed by atoms with Crippen LogP contribution in [0.5, 0.6) is 0 Å². The monoisotopic (exact) mass is 446 g/mol. The molecule has 0 aliphatic carbocycles. The van der Waals surface area contributed by atoms with Gasteiger partial charge in [-0.1, -0.05) is 13.8 Å². The molecule has 1 fully saturated rings. The molecular formula is C23H34N4O3S. The molecule has 1 aromatic heterocycles. The van der Waals surface area contributed by atoms with Gasteiger partial charge in [-0.15, -0.1) is 11.3 Å². The van der Waals surface area contributed by atoms with Crippen LogP contribution in [0.4, 0.5) is 15.3 Å². The molecule has 2 heterocycles. The zero-order valence-electron chi connectivity index (χ0n) is 19.4. The number of ether oxygens (including phenoxy) is 1. The van der Waals surface area contributed by atoms with E-state index < -0.39 is 5.60 Å². The van der Waals surface area contributed by atoms with E-state index in [2.05, 4.69) is 24.1 Å². The van der Waals surface area contributed by atoms with Crippen molar-refractivity contribution in [1.29, 1.82) is 0 Å². The van der Waals surface area contributed by atoms with Gasteiger partial charge in [0.25, 0.3) is 0 Å². The zero-order chi connectivity index (χ0) is 22.8. The second-order valence-electron chi connectivity index (χ2n) is 9.63. The minimum Gasteiger partial charge on any atom is -0.444 e. The highest BCUT2D eigenvalue weighted by Gasteiger charge is 2.27. The lowest BCUT2D eigenvalue weighted by molar-refractivity contribution is 0.0253. The van der Waals surface area contributed by atoms with E-state index in [1.807, 2.05) is 43.9 Å². The number of benzene rings is 1. The SMILES string of the molecule is CC(C)c1nc2ccc(NC(=O)N3CCCC(CN(C)C(=O)OC(C)(C)C)C3)cc2s1.